The minimum absolute atomic E-state index is 0.0345. The highest BCUT2D eigenvalue weighted by Gasteiger charge is 2.16. The van der Waals surface area contributed by atoms with E-state index in [2.05, 4.69) is 15.4 Å². The Balaban J connectivity index is 2.09. The summed E-state index contributed by atoms with van der Waals surface area (Å²) in [5.41, 5.74) is -0.0687. The lowest BCUT2D eigenvalue weighted by Gasteiger charge is -2.11. The van der Waals surface area contributed by atoms with Crippen molar-refractivity contribution in [2.45, 2.75) is 13.5 Å². The second-order valence-electron chi connectivity index (χ2n) is 3.82. The molecule has 2 aromatic rings. The summed E-state index contributed by atoms with van der Waals surface area (Å²) >= 11 is 11.9. The van der Waals surface area contributed by atoms with Gasteiger partial charge in [-0.15, -0.1) is 10.2 Å². The van der Waals surface area contributed by atoms with E-state index in [1.165, 1.54) is 16.9 Å². The van der Waals surface area contributed by atoms with Gasteiger partial charge in [0.05, 0.1) is 22.2 Å². The molecule has 1 N–H and O–H groups in total. The average Bonchev–Trinajstić information content (AvgIpc) is 2.78. The van der Waals surface area contributed by atoms with Crippen LogP contribution >= 0.6 is 23.2 Å². The molecule has 1 aromatic heterocycles. The number of aromatic carboxylic acids is 1. The Morgan fingerprint density at radius 1 is 1.45 bits per heavy atom. The summed E-state index contributed by atoms with van der Waals surface area (Å²) in [5, 5.41) is 20.6. The molecule has 0 aliphatic heterocycles. The van der Waals surface area contributed by atoms with Gasteiger partial charge in [0.2, 0.25) is 0 Å². The molecule has 0 spiro atoms. The number of tetrazole rings is 1. The third kappa shape index (κ3) is 3.17. The number of rotatable bonds is 5. The van der Waals surface area contributed by atoms with Crippen molar-refractivity contribution >= 4 is 29.2 Å². The van der Waals surface area contributed by atoms with Crippen molar-refractivity contribution < 1.29 is 14.6 Å². The standard InChI is InChI=1S/C11H10Cl2N4O3/c1-6-14-16-17(15-6)4-5-20-10-8(12)3-2-7(9(10)13)11(18)19/h2-3H,4-5H2,1H3,(H,18,19). The smallest absolute Gasteiger partial charge is 0.337 e. The second-order valence-corrected chi connectivity index (χ2v) is 4.61. The molecule has 0 bridgehead atoms. The number of carboxylic acid groups (broad SMARTS) is 1. The lowest BCUT2D eigenvalue weighted by Crippen LogP contribution is -2.12. The number of halogens is 2. The van der Waals surface area contributed by atoms with Crippen LogP contribution in [0.4, 0.5) is 0 Å². The SMILES string of the molecule is Cc1nnn(CCOc2c(Cl)ccc(C(=O)O)c2Cl)n1. The van der Waals surface area contributed by atoms with E-state index in [0.717, 1.165) is 0 Å². The van der Waals surface area contributed by atoms with E-state index in [4.69, 9.17) is 33.0 Å². The van der Waals surface area contributed by atoms with Gasteiger partial charge in [0, 0.05) is 0 Å². The number of aryl methyl sites for hydroxylation is 1. The first kappa shape index (κ1) is 14.5. The van der Waals surface area contributed by atoms with Crippen molar-refractivity contribution in [1.82, 2.24) is 20.2 Å². The maximum Gasteiger partial charge on any atom is 0.337 e. The number of carbonyl (C=O) groups is 1. The molecule has 9 heteroatoms. The van der Waals surface area contributed by atoms with Crippen LogP contribution in [0.2, 0.25) is 10.0 Å². The topological polar surface area (TPSA) is 90.1 Å². The van der Waals surface area contributed by atoms with Crippen molar-refractivity contribution in [1.29, 1.82) is 0 Å². The average molecular weight is 317 g/mol. The molecule has 0 unspecified atom stereocenters. The predicted octanol–water partition coefficient (Wildman–Crippen LogP) is 2.07. The van der Waals surface area contributed by atoms with Crippen molar-refractivity contribution in [3.8, 4) is 5.75 Å². The molecule has 0 radical (unpaired) electrons. The first-order valence-corrected chi connectivity index (χ1v) is 6.33. The molecule has 0 aliphatic rings. The highest BCUT2D eigenvalue weighted by molar-refractivity contribution is 6.39. The summed E-state index contributed by atoms with van der Waals surface area (Å²) in [7, 11) is 0. The van der Waals surface area contributed by atoms with Crippen LogP contribution in [-0.2, 0) is 6.54 Å². The molecule has 0 saturated carbocycles. The van der Waals surface area contributed by atoms with Crippen molar-refractivity contribution in [2.24, 2.45) is 0 Å². The zero-order valence-corrected chi connectivity index (χ0v) is 11.9. The third-order valence-electron chi connectivity index (χ3n) is 2.37. The number of aromatic nitrogens is 4. The first-order chi connectivity index (χ1) is 9.49. The van der Waals surface area contributed by atoms with Crippen LogP contribution in [0.5, 0.6) is 5.75 Å². The lowest BCUT2D eigenvalue weighted by atomic mass is 10.2. The minimum Gasteiger partial charge on any atom is -0.488 e. The number of nitrogens with zero attached hydrogens (tertiary/aromatic N) is 4. The Labute approximate surface area is 124 Å². The zero-order valence-electron chi connectivity index (χ0n) is 10.4. The van der Waals surface area contributed by atoms with Gasteiger partial charge in [0.1, 0.15) is 6.61 Å². The minimum atomic E-state index is -1.15. The summed E-state index contributed by atoms with van der Waals surface area (Å²) in [5.74, 6) is -0.468. The molecule has 0 saturated heterocycles. The summed E-state index contributed by atoms with van der Waals surface area (Å²) in [6.45, 7) is 2.23. The summed E-state index contributed by atoms with van der Waals surface area (Å²) < 4.78 is 5.42. The molecule has 2 rings (SSSR count). The van der Waals surface area contributed by atoms with E-state index < -0.39 is 5.97 Å². The Bertz CT molecular complexity index is 645. The molecule has 106 valence electrons. The van der Waals surface area contributed by atoms with Crippen molar-refractivity contribution in [3.05, 3.63) is 33.6 Å². The Kier molecular flexibility index (Phi) is 4.41. The van der Waals surface area contributed by atoms with Crippen molar-refractivity contribution in [3.63, 3.8) is 0 Å². The van der Waals surface area contributed by atoms with Crippen LogP contribution in [0.15, 0.2) is 12.1 Å². The molecule has 7 nitrogen and oxygen atoms in total. The van der Waals surface area contributed by atoms with Gasteiger partial charge in [-0.3, -0.25) is 0 Å². The summed E-state index contributed by atoms with van der Waals surface area (Å²) in [4.78, 5) is 12.3. The molecule has 1 heterocycles. The Morgan fingerprint density at radius 2 is 2.20 bits per heavy atom. The van der Waals surface area contributed by atoms with E-state index in [9.17, 15) is 4.79 Å². The fourth-order valence-corrected chi connectivity index (χ4v) is 2.04. The van der Waals surface area contributed by atoms with Gasteiger partial charge in [-0.05, 0) is 24.3 Å². The quantitative estimate of drug-likeness (QED) is 0.908. The van der Waals surface area contributed by atoms with Gasteiger partial charge < -0.3 is 9.84 Å². The highest BCUT2D eigenvalue weighted by atomic mass is 35.5. The van der Waals surface area contributed by atoms with E-state index in [1.807, 2.05) is 0 Å². The molecule has 1 aromatic carbocycles. The Morgan fingerprint density at radius 3 is 2.80 bits per heavy atom. The van der Waals surface area contributed by atoms with Gasteiger partial charge in [-0.25, -0.2) is 4.79 Å². The fraction of sp³-hybridized carbons (Fsp3) is 0.273. The molecule has 0 amide bonds. The molecule has 0 fully saturated rings. The highest BCUT2D eigenvalue weighted by Crippen LogP contribution is 2.35. The molecule has 0 atom stereocenters. The maximum atomic E-state index is 11.0. The monoisotopic (exact) mass is 316 g/mol. The first-order valence-electron chi connectivity index (χ1n) is 5.57. The third-order valence-corrected chi connectivity index (χ3v) is 3.04. The van der Waals surface area contributed by atoms with E-state index in [0.29, 0.717) is 12.4 Å². The normalized spacial score (nSPS) is 10.6. The number of hydrogen-bond acceptors (Lipinski definition) is 5. The Hall–Kier alpha value is -1.86. The van der Waals surface area contributed by atoms with Crippen LogP contribution in [-0.4, -0.2) is 37.9 Å². The molecular weight excluding hydrogens is 307 g/mol. The fourth-order valence-electron chi connectivity index (χ4n) is 1.48. The van der Waals surface area contributed by atoms with Gasteiger partial charge in [-0.2, -0.15) is 4.80 Å². The van der Waals surface area contributed by atoms with Gasteiger partial charge >= 0.3 is 5.97 Å². The number of ether oxygens (including phenoxy) is 1. The largest absolute Gasteiger partial charge is 0.488 e. The molecule has 20 heavy (non-hydrogen) atoms. The number of hydrogen-bond donors (Lipinski definition) is 1. The van der Waals surface area contributed by atoms with Crippen LogP contribution in [0.1, 0.15) is 16.2 Å². The summed E-state index contributed by atoms with van der Waals surface area (Å²) in [6, 6.07) is 2.74. The van der Waals surface area contributed by atoms with Gasteiger partial charge in [-0.1, -0.05) is 23.2 Å². The zero-order chi connectivity index (χ0) is 14.7. The number of benzene rings is 1. The van der Waals surface area contributed by atoms with Crippen LogP contribution in [0.3, 0.4) is 0 Å². The van der Waals surface area contributed by atoms with E-state index in [-0.39, 0.29) is 28.0 Å². The number of carboxylic acids is 1. The van der Waals surface area contributed by atoms with Crippen LogP contribution in [0, 0.1) is 6.92 Å². The van der Waals surface area contributed by atoms with Crippen LogP contribution < -0.4 is 4.74 Å². The second kappa shape index (κ2) is 6.06. The molecular formula is C11H10Cl2N4O3. The van der Waals surface area contributed by atoms with E-state index >= 15 is 0 Å². The predicted molar refractivity (Wildman–Crippen MR) is 71.5 cm³/mol. The van der Waals surface area contributed by atoms with E-state index in [1.54, 1.807) is 6.92 Å². The molecule has 0 aliphatic carbocycles. The van der Waals surface area contributed by atoms with Crippen molar-refractivity contribution in [2.75, 3.05) is 6.61 Å². The summed E-state index contributed by atoms with van der Waals surface area (Å²) in [6.07, 6.45) is 0. The maximum absolute atomic E-state index is 11.0. The van der Waals surface area contributed by atoms with Crippen LogP contribution in [0.25, 0.3) is 0 Å². The van der Waals surface area contributed by atoms with Gasteiger partial charge in [0.25, 0.3) is 0 Å². The van der Waals surface area contributed by atoms with Gasteiger partial charge in [0.15, 0.2) is 11.6 Å². The lowest BCUT2D eigenvalue weighted by molar-refractivity contribution is 0.0696.